The van der Waals surface area contributed by atoms with E-state index in [4.69, 9.17) is 0 Å². The monoisotopic (exact) mass is 625 g/mol. The van der Waals surface area contributed by atoms with E-state index in [2.05, 4.69) is 41.0 Å². The number of piperazine rings is 1. The molecule has 0 radical (unpaired) electrons. The Morgan fingerprint density at radius 3 is 2.57 bits per heavy atom. The second kappa shape index (κ2) is 12.5. The summed E-state index contributed by atoms with van der Waals surface area (Å²) in [6, 6.07) is 8.83. The molecule has 6 rings (SSSR count). The molecule has 10 nitrogen and oxygen atoms in total. The third-order valence-electron chi connectivity index (χ3n) is 8.99. The highest BCUT2D eigenvalue weighted by Crippen LogP contribution is 2.48. The fourth-order valence-electron chi connectivity index (χ4n) is 6.58. The number of pyridine rings is 1. The van der Waals surface area contributed by atoms with Crippen LogP contribution in [-0.4, -0.2) is 87.2 Å². The van der Waals surface area contributed by atoms with Gasteiger partial charge in [0.1, 0.15) is 11.2 Å². The lowest BCUT2D eigenvalue weighted by molar-refractivity contribution is -0.136. The molecule has 2 amide bonds. The van der Waals surface area contributed by atoms with Crippen LogP contribution in [0.1, 0.15) is 64.9 Å². The van der Waals surface area contributed by atoms with E-state index < -0.39 is 5.25 Å². The van der Waals surface area contributed by atoms with Crippen LogP contribution in [0.5, 0.6) is 0 Å². The number of piperidine rings is 1. The number of aromatic amines is 1. The van der Waals surface area contributed by atoms with Gasteiger partial charge in [0.25, 0.3) is 0 Å². The highest BCUT2D eigenvalue weighted by Gasteiger charge is 2.44. The Labute approximate surface area is 262 Å². The minimum atomic E-state index is -0.536. The molecule has 1 aromatic carbocycles. The first-order chi connectivity index (χ1) is 21.1. The Morgan fingerprint density at radius 1 is 1.09 bits per heavy atom. The number of carbonyl (C=O) groups is 2. The Kier molecular flexibility index (Phi) is 8.74. The van der Waals surface area contributed by atoms with Crippen LogP contribution in [-0.2, 0) is 9.59 Å². The number of H-pyrrole nitrogens is 1. The summed E-state index contributed by atoms with van der Waals surface area (Å²) < 4.78 is 17.2. The van der Waals surface area contributed by atoms with E-state index in [-0.39, 0.29) is 48.0 Å². The molecular formula is C32H44FN7O3S. The quantitative estimate of drug-likeness (QED) is 0.406. The van der Waals surface area contributed by atoms with Gasteiger partial charge >= 0.3 is 5.69 Å². The molecule has 2 aromatic heterocycles. The summed E-state index contributed by atoms with van der Waals surface area (Å²) in [5.41, 5.74) is 2.53. The van der Waals surface area contributed by atoms with Crippen molar-refractivity contribution in [3.05, 3.63) is 58.4 Å². The molecule has 2 atom stereocenters. The molecule has 238 valence electrons. The normalized spacial score (nSPS) is 21.9. The number of rotatable bonds is 7. The van der Waals surface area contributed by atoms with Gasteiger partial charge in [0.15, 0.2) is 5.65 Å². The van der Waals surface area contributed by atoms with Gasteiger partial charge in [-0.2, -0.15) is 0 Å². The summed E-state index contributed by atoms with van der Waals surface area (Å²) in [6.45, 7) is 11.0. The van der Waals surface area contributed by atoms with Gasteiger partial charge in [0, 0.05) is 71.5 Å². The van der Waals surface area contributed by atoms with Gasteiger partial charge in [-0.05, 0) is 42.9 Å². The van der Waals surface area contributed by atoms with Crippen LogP contribution in [0.3, 0.4) is 0 Å². The summed E-state index contributed by atoms with van der Waals surface area (Å²) in [7, 11) is 0. The molecule has 3 aromatic rings. The highest BCUT2D eigenvalue weighted by molar-refractivity contribution is 8.01. The molecule has 3 aliphatic heterocycles. The maximum atomic E-state index is 15.4. The van der Waals surface area contributed by atoms with Crippen molar-refractivity contribution in [2.45, 2.75) is 63.1 Å². The van der Waals surface area contributed by atoms with Crippen molar-refractivity contribution >= 4 is 40.4 Å². The second-order valence-corrected chi connectivity index (χ2v) is 14.5. The van der Waals surface area contributed by atoms with Crippen molar-refractivity contribution in [2.24, 2.45) is 5.41 Å². The van der Waals surface area contributed by atoms with Crippen LogP contribution in [0, 0.1) is 11.2 Å². The van der Waals surface area contributed by atoms with Crippen molar-refractivity contribution in [2.75, 3.05) is 50.7 Å². The van der Waals surface area contributed by atoms with Gasteiger partial charge in [-0.25, -0.2) is 14.2 Å². The zero-order valence-electron chi connectivity index (χ0n) is 25.7. The highest BCUT2D eigenvalue weighted by atomic mass is 32.2. The number of imidazole rings is 1. The Morgan fingerprint density at radius 2 is 1.84 bits per heavy atom. The Hall–Kier alpha value is -3.38. The maximum Gasteiger partial charge on any atom is 0.327 e. The van der Waals surface area contributed by atoms with Crippen molar-refractivity contribution in [3.63, 3.8) is 0 Å². The number of benzene rings is 1. The number of anilines is 1. The van der Waals surface area contributed by atoms with E-state index in [1.165, 1.54) is 17.8 Å². The summed E-state index contributed by atoms with van der Waals surface area (Å²) in [5, 5.41) is 2.43. The van der Waals surface area contributed by atoms with E-state index in [1.807, 2.05) is 28.0 Å². The molecule has 3 saturated heterocycles. The van der Waals surface area contributed by atoms with Crippen LogP contribution in [0.4, 0.5) is 10.1 Å². The summed E-state index contributed by atoms with van der Waals surface area (Å²) in [4.78, 5) is 53.0. The Balaban J connectivity index is 0.00000400. The fraction of sp³-hybridized carbons (Fsp3) is 0.562. The minimum Gasteiger partial charge on any atom is -0.366 e. The number of fused-ring (bicyclic) bond motifs is 1. The molecule has 12 heteroatoms. The number of amides is 2. The predicted molar refractivity (Wildman–Crippen MR) is 173 cm³/mol. The molecule has 0 unspecified atom stereocenters. The number of aromatic nitrogens is 3. The predicted octanol–water partition coefficient (Wildman–Crippen LogP) is 4.15. The number of carbonyl (C=O) groups excluding carboxylic acids is 2. The van der Waals surface area contributed by atoms with Crippen LogP contribution in [0.15, 0.2) is 41.3 Å². The van der Waals surface area contributed by atoms with E-state index in [0.717, 1.165) is 30.6 Å². The van der Waals surface area contributed by atoms with Crippen LogP contribution >= 0.6 is 11.8 Å². The van der Waals surface area contributed by atoms with Crippen molar-refractivity contribution < 1.29 is 15.4 Å². The fourth-order valence-corrected chi connectivity index (χ4v) is 8.08. The third kappa shape index (κ3) is 6.24. The van der Waals surface area contributed by atoms with Gasteiger partial charge in [0.05, 0.1) is 16.5 Å². The van der Waals surface area contributed by atoms with Gasteiger partial charge in [-0.1, -0.05) is 32.9 Å². The number of hydrogen-bond donors (Lipinski definition) is 2. The lowest BCUT2D eigenvalue weighted by atomic mass is 9.92. The Bertz CT molecular complexity index is 1580. The topological polar surface area (TPSA) is 107 Å². The first-order valence-corrected chi connectivity index (χ1v) is 16.6. The largest absolute Gasteiger partial charge is 0.366 e. The van der Waals surface area contributed by atoms with Crippen LogP contribution < -0.4 is 15.9 Å². The average molecular weight is 626 g/mol. The molecule has 3 fully saturated rings. The minimum absolute atomic E-state index is 0. The molecule has 2 N–H and O–H groups in total. The van der Waals surface area contributed by atoms with Crippen LogP contribution in [0.25, 0.3) is 11.2 Å². The maximum absolute atomic E-state index is 15.4. The number of nitrogens with zero attached hydrogens (tertiary/aromatic N) is 5. The van der Waals surface area contributed by atoms with Crippen molar-refractivity contribution in [1.82, 2.24) is 29.7 Å². The smallest absolute Gasteiger partial charge is 0.327 e. The summed E-state index contributed by atoms with van der Waals surface area (Å²) in [6.07, 6.45) is 3.85. The summed E-state index contributed by atoms with van der Waals surface area (Å²) in [5.74, 6) is -0.387. The number of nitrogens with one attached hydrogen (secondary N) is 2. The molecule has 0 bridgehead atoms. The zero-order chi connectivity index (χ0) is 31.0. The molecular weight excluding hydrogens is 581 g/mol. The third-order valence-corrected chi connectivity index (χ3v) is 10.5. The SMILES string of the molecule is CC(C)(C)CCN1C(=O)[C@H](CC(=O)N2CCC(n3c(=O)[nH]c4ncccc43)CC2)S[C@H]1c1cccc(F)c1N1CCNCC1.[HH]. The average Bonchev–Trinajstić information content (AvgIpc) is 3.51. The molecule has 3 aliphatic rings. The van der Waals surface area contributed by atoms with Gasteiger partial charge in [-0.15, -0.1) is 11.8 Å². The zero-order valence-corrected chi connectivity index (χ0v) is 26.5. The number of halogens is 1. The molecule has 0 aliphatic carbocycles. The van der Waals surface area contributed by atoms with Gasteiger partial charge < -0.3 is 20.0 Å². The summed E-state index contributed by atoms with van der Waals surface area (Å²) >= 11 is 1.48. The van der Waals surface area contributed by atoms with E-state index in [0.29, 0.717) is 56.9 Å². The first-order valence-electron chi connectivity index (χ1n) is 15.6. The van der Waals surface area contributed by atoms with E-state index >= 15 is 4.39 Å². The molecule has 5 heterocycles. The number of hydrogen-bond acceptors (Lipinski definition) is 7. The van der Waals surface area contributed by atoms with Crippen LogP contribution in [0.2, 0.25) is 0 Å². The van der Waals surface area contributed by atoms with Gasteiger partial charge in [-0.3, -0.25) is 19.1 Å². The number of para-hydroxylation sites is 1. The molecule has 0 spiro atoms. The second-order valence-electron chi connectivity index (χ2n) is 13.2. The van der Waals surface area contributed by atoms with Gasteiger partial charge in [0.2, 0.25) is 11.8 Å². The first kappa shape index (κ1) is 30.6. The molecule has 0 saturated carbocycles. The lowest BCUT2D eigenvalue weighted by Gasteiger charge is -2.34. The van der Waals surface area contributed by atoms with Crippen molar-refractivity contribution in [3.8, 4) is 0 Å². The van der Waals surface area contributed by atoms with E-state index in [9.17, 15) is 14.4 Å². The lowest BCUT2D eigenvalue weighted by Crippen LogP contribution is -2.44. The number of likely N-dealkylation sites (tertiary alicyclic amines) is 1. The number of thioether (sulfide) groups is 1. The molecule has 44 heavy (non-hydrogen) atoms. The van der Waals surface area contributed by atoms with Crippen molar-refractivity contribution in [1.29, 1.82) is 0 Å². The van der Waals surface area contributed by atoms with E-state index in [1.54, 1.807) is 16.8 Å². The standard InChI is InChI=1S/C32H42FN7O3S.H2/c1-32(2,3)11-17-39-29(42)25(44-30(39)22-6-4-7-23(33)27(22)38-18-13-34-14-19-38)20-26(41)37-15-9-21(10-16-37)40-24-8-5-12-35-28(24)36-31(40)43;/h4-8,12,21,25,30,34H,9-11,13-20H2,1-3H3,(H,35,36,43);1H/t25-,30-;/m0./s1.